The predicted octanol–water partition coefficient (Wildman–Crippen LogP) is 2.99. The van der Waals surface area contributed by atoms with Gasteiger partial charge >= 0.3 is 5.69 Å². The van der Waals surface area contributed by atoms with Crippen molar-refractivity contribution in [2.75, 3.05) is 20.2 Å². The lowest BCUT2D eigenvalue weighted by atomic mass is 9.92. The third kappa shape index (κ3) is 5.50. The Labute approximate surface area is 153 Å². The molecule has 0 aliphatic rings. The second kappa shape index (κ2) is 8.73. The summed E-state index contributed by atoms with van der Waals surface area (Å²) in [6.07, 6.45) is 3.57. The molecule has 0 saturated carbocycles. The maximum Gasteiger partial charge on any atom is 0.311 e. The van der Waals surface area contributed by atoms with Crippen LogP contribution in [0.3, 0.4) is 0 Å². The summed E-state index contributed by atoms with van der Waals surface area (Å²) in [6.45, 7) is 6.80. The minimum Gasteiger partial charge on any atom is -0.490 e. The zero-order chi connectivity index (χ0) is 19.2. The first kappa shape index (κ1) is 19.8. The lowest BCUT2D eigenvalue weighted by molar-refractivity contribution is -0.385. The van der Waals surface area contributed by atoms with Crippen LogP contribution in [0.5, 0.6) is 5.75 Å². The van der Waals surface area contributed by atoms with Crippen LogP contribution in [0.1, 0.15) is 25.0 Å². The summed E-state index contributed by atoms with van der Waals surface area (Å²) >= 11 is 0. The number of aromatic nitrogens is 1. The van der Waals surface area contributed by atoms with Gasteiger partial charge in [0.15, 0.2) is 5.75 Å². The molecule has 0 saturated heterocycles. The number of nitrogens with two attached hydrogens (primary N) is 1. The van der Waals surface area contributed by atoms with Crippen LogP contribution in [0.2, 0.25) is 0 Å². The molecule has 140 valence electrons. The highest BCUT2D eigenvalue weighted by atomic mass is 16.6. The SMILES string of the molecule is COc1ccc(CN(Cc2cccnc2)CC(C)(C)CN)cc1[N+](=O)[O-]. The number of nitro groups is 1. The molecule has 0 amide bonds. The van der Waals surface area contributed by atoms with Crippen molar-refractivity contribution in [3.05, 3.63) is 64.0 Å². The van der Waals surface area contributed by atoms with Gasteiger partial charge in [-0.1, -0.05) is 26.0 Å². The fourth-order valence-corrected chi connectivity index (χ4v) is 2.82. The van der Waals surface area contributed by atoms with E-state index in [1.165, 1.54) is 7.11 Å². The second-order valence-electron chi connectivity index (χ2n) is 7.14. The van der Waals surface area contributed by atoms with Gasteiger partial charge in [-0.3, -0.25) is 20.0 Å². The zero-order valence-electron chi connectivity index (χ0n) is 15.5. The molecular weight excluding hydrogens is 332 g/mol. The number of hydrogen-bond acceptors (Lipinski definition) is 6. The van der Waals surface area contributed by atoms with Gasteiger partial charge in [-0.2, -0.15) is 0 Å². The summed E-state index contributed by atoms with van der Waals surface area (Å²) in [5.74, 6) is 0.264. The van der Waals surface area contributed by atoms with Crippen LogP contribution >= 0.6 is 0 Å². The number of benzene rings is 1. The average molecular weight is 358 g/mol. The summed E-state index contributed by atoms with van der Waals surface area (Å²) in [5, 5.41) is 11.3. The summed E-state index contributed by atoms with van der Waals surface area (Å²) < 4.78 is 5.08. The molecule has 2 aromatic rings. The summed E-state index contributed by atoms with van der Waals surface area (Å²) in [6, 6.07) is 9.00. The Kier molecular flexibility index (Phi) is 6.65. The molecule has 0 aliphatic carbocycles. The van der Waals surface area contributed by atoms with Gasteiger partial charge < -0.3 is 10.5 Å². The van der Waals surface area contributed by atoms with Crippen molar-refractivity contribution in [2.45, 2.75) is 26.9 Å². The Balaban J connectivity index is 2.25. The standard InChI is InChI=1S/C19H26N4O3/c1-19(2,13-20)14-22(12-16-5-4-8-21-10-16)11-15-6-7-18(26-3)17(9-15)23(24)25/h4-10H,11-14,20H2,1-3H3. The summed E-state index contributed by atoms with van der Waals surface area (Å²) in [4.78, 5) is 17.2. The van der Waals surface area contributed by atoms with E-state index in [2.05, 4.69) is 23.7 Å². The highest BCUT2D eigenvalue weighted by Crippen LogP contribution is 2.28. The van der Waals surface area contributed by atoms with E-state index in [0.29, 0.717) is 19.6 Å². The number of methoxy groups -OCH3 is 1. The Bertz CT molecular complexity index is 735. The van der Waals surface area contributed by atoms with Gasteiger partial charge in [0.25, 0.3) is 0 Å². The number of rotatable bonds is 9. The zero-order valence-corrected chi connectivity index (χ0v) is 15.5. The molecule has 1 heterocycles. The van der Waals surface area contributed by atoms with Crippen molar-refractivity contribution in [3.8, 4) is 5.75 Å². The van der Waals surface area contributed by atoms with Crippen molar-refractivity contribution in [3.63, 3.8) is 0 Å². The normalized spacial score (nSPS) is 11.6. The van der Waals surface area contributed by atoms with Gasteiger partial charge in [-0.25, -0.2) is 0 Å². The molecule has 0 aliphatic heterocycles. The van der Waals surface area contributed by atoms with Crippen molar-refractivity contribution >= 4 is 5.69 Å². The van der Waals surface area contributed by atoms with Gasteiger partial charge in [-0.05, 0) is 35.2 Å². The van der Waals surface area contributed by atoms with Crippen LogP contribution < -0.4 is 10.5 Å². The van der Waals surface area contributed by atoms with E-state index >= 15 is 0 Å². The third-order valence-electron chi connectivity index (χ3n) is 4.18. The molecule has 2 N–H and O–H groups in total. The lowest BCUT2D eigenvalue weighted by Crippen LogP contribution is -2.38. The van der Waals surface area contributed by atoms with E-state index in [4.69, 9.17) is 10.5 Å². The molecule has 2 rings (SSSR count). The Hall–Kier alpha value is -2.51. The van der Waals surface area contributed by atoms with E-state index in [-0.39, 0.29) is 16.9 Å². The lowest BCUT2D eigenvalue weighted by Gasteiger charge is -2.32. The molecule has 0 bridgehead atoms. The number of hydrogen-bond donors (Lipinski definition) is 1. The molecule has 0 fully saturated rings. The van der Waals surface area contributed by atoms with Crippen LogP contribution in [0.4, 0.5) is 5.69 Å². The monoisotopic (exact) mass is 358 g/mol. The largest absolute Gasteiger partial charge is 0.490 e. The van der Waals surface area contributed by atoms with Crippen molar-refractivity contribution in [1.29, 1.82) is 0 Å². The number of nitrogens with zero attached hydrogens (tertiary/aromatic N) is 3. The first-order valence-electron chi connectivity index (χ1n) is 8.47. The fraction of sp³-hybridized carbons (Fsp3) is 0.421. The average Bonchev–Trinajstić information content (AvgIpc) is 2.62. The summed E-state index contributed by atoms with van der Waals surface area (Å²) in [5.41, 5.74) is 7.75. The molecule has 0 atom stereocenters. The molecule has 0 unspecified atom stereocenters. The molecule has 7 nitrogen and oxygen atoms in total. The number of nitro benzene ring substituents is 1. The molecular formula is C19H26N4O3. The minimum atomic E-state index is -0.419. The molecule has 0 spiro atoms. The second-order valence-corrected chi connectivity index (χ2v) is 7.14. The maximum absolute atomic E-state index is 11.3. The quantitative estimate of drug-likeness (QED) is 0.547. The number of pyridine rings is 1. The maximum atomic E-state index is 11.3. The van der Waals surface area contributed by atoms with Crippen LogP contribution in [-0.2, 0) is 13.1 Å². The fourth-order valence-electron chi connectivity index (χ4n) is 2.82. The van der Waals surface area contributed by atoms with E-state index in [1.54, 1.807) is 18.3 Å². The highest BCUT2D eigenvalue weighted by Gasteiger charge is 2.22. The summed E-state index contributed by atoms with van der Waals surface area (Å²) in [7, 11) is 1.43. The highest BCUT2D eigenvalue weighted by molar-refractivity contribution is 5.48. The Morgan fingerprint density at radius 3 is 2.58 bits per heavy atom. The Morgan fingerprint density at radius 1 is 1.27 bits per heavy atom. The molecule has 26 heavy (non-hydrogen) atoms. The van der Waals surface area contributed by atoms with Crippen LogP contribution in [0.15, 0.2) is 42.7 Å². The van der Waals surface area contributed by atoms with Crippen molar-refractivity contribution < 1.29 is 9.66 Å². The van der Waals surface area contributed by atoms with Gasteiger partial charge in [0.2, 0.25) is 0 Å². The van der Waals surface area contributed by atoms with E-state index < -0.39 is 4.92 Å². The molecule has 1 aromatic carbocycles. The smallest absolute Gasteiger partial charge is 0.311 e. The van der Waals surface area contributed by atoms with E-state index in [9.17, 15) is 10.1 Å². The molecule has 7 heteroatoms. The van der Waals surface area contributed by atoms with E-state index in [1.807, 2.05) is 24.4 Å². The van der Waals surface area contributed by atoms with Crippen LogP contribution in [-0.4, -0.2) is 35.0 Å². The first-order chi connectivity index (χ1) is 12.3. The molecule has 1 aromatic heterocycles. The van der Waals surface area contributed by atoms with Crippen molar-refractivity contribution in [2.24, 2.45) is 11.1 Å². The molecule has 0 radical (unpaired) electrons. The van der Waals surface area contributed by atoms with E-state index in [0.717, 1.165) is 17.7 Å². The first-order valence-corrected chi connectivity index (χ1v) is 8.47. The van der Waals surface area contributed by atoms with Gasteiger partial charge in [0, 0.05) is 38.1 Å². The number of ether oxygens (including phenoxy) is 1. The van der Waals surface area contributed by atoms with Gasteiger partial charge in [-0.15, -0.1) is 0 Å². The van der Waals surface area contributed by atoms with Gasteiger partial charge in [0.05, 0.1) is 12.0 Å². The van der Waals surface area contributed by atoms with Crippen LogP contribution in [0.25, 0.3) is 0 Å². The van der Waals surface area contributed by atoms with Crippen molar-refractivity contribution in [1.82, 2.24) is 9.88 Å². The topological polar surface area (TPSA) is 94.5 Å². The van der Waals surface area contributed by atoms with Crippen LogP contribution in [0, 0.1) is 15.5 Å². The van der Waals surface area contributed by atoms with Gasteiger partial charge in [0.1, 0.15) is 0 Å². The minimum absolute atomic E-state index is 0.0237. The third-order valence-corrected chi connectivity index (χ3v) is 4.18. The predicted molar refractivity (Wildman–Crippen MR) is 101 cm³/mol. The Morgan fingerprint density at radius 2 is 2.00 bits per heavy atom.